The van der Waals surface area contributed by atoms with Crippen LogP contribution in [0, 0.1) is 6.92 Å². The van der Waals surface area contributed by atoms with Gasteiger partial charge in [-0.2, -0.15) is 0 Å². The molecule has 0 bridgehead atoms. The fourth-order valence-electron chi connectivity index (χ4n) is 2.63. The maximum Gasteiger partial charge on any atom is 0.369 e. The molecular weight excluding hydrogens is 328 g/mol. The molecule has 2 aromatic heterocycles. The van der Waals surface area contributed by atoms with Gasteiger partial charge < -0.3 is 4.84 Å². The van der Waals surface area contributed by atoms with Crippen molar-refractivity contribution in [1.29, 1.82) is 0 Å². The van der Waals surface area contributed by atoms with Crippen molar-refractivity contribution in [3.05, 3.63) is 69.3 Å². The average Bonchev–Trinajstić information content (AvgIpc) is 3.11. The number of hydrogen-bond donors (Lipinski definition) is 1. The molecule has 1 aliphatic heterocycles. The number of hydrogen-bond acceptors (Lipinski definition) is 6. The summed E-state index contributed by atoms with van der Waals surface area (Å²) in [6.45, 7) is 1.60. The molecule has 9 nitrogen and oxygen atoms in total. The fraction of sp³-hybridized carbons (Fsp3) is 0.0625. The molecule has 0 saturated heterocycles. The van der Waals surface area contributed by atoms with Gasteiger partial charge >= 0.3 is 5.97 Å². The van der Waals surface area contributed by atoms with E-state index in [9.17, 15) is 19.2 Å². The van der Waals surface area contributed by atoms with Gasteiger partial charge in [-0.3, -0.25) is 19.5 Å². The van der Waals surface area contributed by atoms with Gasteiger partial charge in [-0.05, 0) is 19.1 Å². The molecule has 124 valence electrons. The summed E-state index contributed by atoms with van der Waals surface area (Å²) < 4.78 is 1.06. The smallest absolute Gasteiger partial charge is 0.324 e. The summed E-state index contributed by atoms with van der Waals surface area (Å²) in [6.07, 6.45) is 1.23. The van der Waals surface area contributed by atoms with Crippen molar-refractivity contribution in [3.8, 4) is 0 Å². The second-order valence-electron chi connectivity index (χ2n) is 5.41. The van der Waals surface area contributed by atoms with Gasteiger partial charge in [-0.15, -0.1) is 0 Å². The highest BCUT2D eigenvalue weighted by atomic mass is 16.7. The Morgan fingerprint density at radius 2 is 1.76 bits per heavy atom. The number of H-pyrrole nitrogens is 1. The normalized spacial score (nSPS) is 13.4. The van der Waals surface area contributed by atoms with Crippen molar-refractivity contribution in [2.24, 2.45) is 0 Å². The number of hydroxylamine groups is 2. The first-order valence-electron chi connectivity index (χ1n) is 7.25. The molecular formula is C16H10N4O5. The molecule has 3 aromatic rings. The van der Waals surface area contributed by atoms with E-state index < -0.39 is 23.3 Å². The molecule has 25 heavy (non-hydrogen) atoms. The number of imide groups is 1. The highest BCUT2D eigenvalue weighted by molar-refractivity contribution is 6.21. The number of nitrogens with zero attached hydrogens (tertiary/aromatic N) is 3. The fourth-order valence-corrected chi connectivity index (χ4v) is 2.63. The first kappa shape index (κ1) is 14.8. The van der Waals surface area contributed by atoms with Gasteiger partial charge in [-0.25, -0.2) is 14.3 Å². The molecule has 0 saturated carbocycles. The van der Waals surface area contributed by atoms with Crippen LogP contribution in [0.3, 0.4) is 0 Å². The molecule has 3 heterocycles. The van der Waals surface area contributed by atoms with Crippen LogP contribution in [0.2, 0.25) is 0 Å². The Morgan fingerprint density at radius 1 is 1.12 bits per heavy atom. The van der Waals surface area contributed by atoms with Crippen LogP contribution < -0.4 is 5.56 Å². The monoisotopic (exact) mass is 338 g/mol. The van der Waals surface area contributed by atoms with E-state index >= 15 is 0 Å². The van der Waals surface area contributed by atoms with E-state index in [1.165, 1.54) is 24.4 Å². The minimum absolute atomic E-state index is 0.0478. The Bertz CT molecular complexity index is 1090. The Balaban J connectivity index is 1.69. The van der Waals surface area contributed by atoms with Gasteiger partial charge in [0.1, 0.15) is 5.56 Å². The topological polar surface area (TPSA) is 114 Å². The molecule has 1 N–H and O–H groups in total. The first-order chi connectivity index (χ1) is 12.0. The number of nitrogens with one attached hydrogen (secondary N) is 1. The minimum Gasteiger partial charge on any atom is -0.324 e. The molecule has 9 heteroatoms. The van der Waals surface area contributed by atoms with Crippen LogP contribution in [-0.2, 0) is 4.84 Å². The molecule has 0 unspecified atom stereocenters. The number of aromatic nitrogens is 3. The predicted octanol–water partition coefficient (Wildman–Crippen LogP) is 0.699. The van der Waals surface area contributed by atoms with Gasteiger partial charge in [0, 0.05) is 18.0 Å². The van der Waals surface area contributed by atoms with Gasteiger partial charge in [0.05, 0.1) is 11.1 Å². The summed E-state index contributed by atoms with van der Waals surface area (Å²) in [5.41, 5.74) is 0.305. The third-order valence-corrected chi connectivity index (χ3v) is 3.78. The van der Waals surface area contributed by atoms with E-state index in [1.807, 2.05) is 0 Å². The van der Waals surface area contributed by atoms with E-state index in [-0.39, 0.29) is 22.3 Å². The summed E-state index contributed by atoms with van der Waals surface area (Å²) >= 11 is 0. The van der Waals surface area contributed by atoms with E-state index in [1.54, 1.807) is 19.1 Å². The van der Waals surface area contributed by atoms with Crippen LogP contribution in [0.4, 0.5) is 0 Å². The lowest BCUT2D eigenvalue weighted by Crippen LogP contribution is -2.32. The van der Waals surface area contributed by atoms with Crippen molar-refractivity contribution in [3.63, 3.8) is 0 Å². The number of amides is 2. The maximum absolute atomic E-state index is 12.4. The lowest BCUT2D eigenvalue weighted by Gasteiger charge is -2.11. The molecule has 0 fully saturated rings. The largest absolute Gasteiger partial charge is 0.369 e. The van der Waals surface area contributed by atoms with Crippen molar-refractivity contribution in [2.75, 3.05) is 0 Å². The number of carbonyl (C=O) groups excluding carboxylic acids is 3. The number of rotatable bonds is 2. The summed E-state index contributed by atoms with van der Waals surface area (Å²) in [6, 6.07) is 7.45. The van der Waals surface area contributed by atoms with E-state index in [0.717, 1.165) is 4.52 Å². The van der Waals surface area contributed by atoms with E-state index in [0.29, 0.717) is 10.8 Å². The van der Waals surface area contributed by atoms with Crippen molar-refractivity contribution >= 4 is 23.4 Å². The Labute approximate surface area is 139 Å². The minimum atomic E-state index is -0.981. The van der Waals surface area contributed by atoms with E-state index in [2.05, 4.69) is 10.1 Å². The number of benzene rings is 1. The second kappa shape index (κ2) is 5.13. The molecule has 0 atom stereocenters. The SMILES string of the molecule is Cc1cc(=O)n2[nH]cc(C(=O)ON3C(=O)c4ccccc4C3=O)c2n1. The van der Waals surface area contributed by atoms with Gasteiger partial charge in [0.2, 0.25) is 0 Å². The van der Waals surface area contributed by atoms with Crippen LogP contribution >= 0.6 is 0 Å². The maximum atomic E-state index is 12.4. The number of carbonyl (C=O) groups is 3. The van der Waals surface area contributed by atoms with Crippen molar-refractivity contribution in [2.45, 2.75) is 6.92 Å². The Hall–Kier alpha value is -3.75. The average molecular weight is 338 g/mol. The number of aryl methyl sites for hydroxylation is 1. The number of fused-ring (bicyclic) bond motifs is 2. The molecule has 0 spiro atoms. The van der Waals surface area contributed by atoms with E-state index in [4.69, 9.17) is 4.84 Å². The first-order valence-corrected chi connectivity index (χ1v) is 7.25. The Morgan fingerprint density at radius 3 is 2.40 bits per heavy atom. The third kappa shape index (κ3) is 2.13. The van der Waals surface area contributed by atoms with Gasteiger partial charge in [0.15, 0.2) is 5.65 Å². The molecule has 2 amide bonds. The molecule has 1 aromatic carbocycles. The Kier molecular flexibility index (Phi) is 3.04. The lowest BCUT2D eigenvalue weighted by atomic mass is 10.1. The van der Waals surface area contributed by atoms with Gasteiger partial charge in [0.25, 0.3) is 17.4 Å². The highest BCUT2D eigenvalue weighted by Crippen LogP contribution is 2.23. The van der Waals surface area contributed by atoms with Crippen LogP contribution in [0.1, 0.15) is 36.8 Å². The molecule has 0 radical (unpaired) electrons. The predicted molar refractivity (Wildman–Crippen MR) is 82.9 cm³/mol. The van der Waals surface area contributed by atoms with Gasteiger partial charge in [-0.1, -0.05) is 17.2 Å². The summed E-state index contributed by atoms with van der Waals surface area (Å²) in [5.74, 6) is -2.43. The van der Waals surface area contributed by atoms with Crippen molar-refractivity contribution in [1.82, 2.24) is 19.7 Å². The zero-order chi connectivity index (χ0) is 17.7. The molecule has 0 aliphatic carbocycles. The number of aromatic amines is 1. The molecule has 1 aliphatic rings. The zero-order valence-corrected chi connectivity index (χ0v) is 12.8. The van der Waals surface area contributed by atoms with Crippen LogP contribution in [0.25, 0.3) is 5.65 Å². The summed E-state index contributed by atoms with van der Waals surface area (Å²) in [4.78, 5) is 57.8. The van der Waals surface area contributed by atoms with Crippen molar-refractivity contribution < 1.29 is 19.2 Å². The standard InChI is InChI=1S/C16H10N4O5/c1-8-6-12(21)19-13(18-8)11(7-17-19)16(24)25-20-14(22)9-4-2-3-5-10(9)15(20)23/h2-7,17H,1H3. The van der Waals surface area contributed by atoms with Crippen LogP contribution in [0.15, 0.2) is 41.3 Å². The zero-order valence-electron chi connectivity index (χ0n) is 12.8. The van der Waals surface area contributed by atoms with Crippen LogP contribution in [0.5, 0.6) is 0 Å². The third-order valence-electron chi connectivity index (χ3n) is 3.78. The molecule has 4 rings (SSSR count). The lowest BCUT2D eigenvalue weighted by molar-refractivity contribution is -0.0583. The van der Waals surface area contributed by atoms with Crippen LogP contribution in [-0.4, -0.2) is 37.4 Å². The highest BCUT2D eigenvalue weighted by Gasteiger charge is 2.39. The second-order valence-corrected chi connectivity index (χ2v) is 5.41. The summed E-state index contributed by atoms with van der Waals surface area (Å²) in [5, 5.41) is 2.99. The quantitative estimate of drug-likeness (QED) is 0.688. The summed E-state index contributed by atoms with van der Waals surface area (Å²) in [7, 11) is 0.